The molecular formula is C25H22F3N5O3. The number of alkyl halides is 3. The molecule has 0 aliphatic heterocycles. The quantitative estimate of drug-likeness (QED) is 0.338. The van der Waals surface area contributed by atoms with Crippen LogP contribution in [0.1, 0.15) is 34.5 Å². The molecule has 0 spiro atoms. The van der Waals surface area contributed by atoms with Gasteiger partial charge >= 0.3 is 12.1 Å². The fraction of sp³-hybridized carbons (Fsp3) is 0.160. The zero-order valence-electron chi connectivity index (χ0n) is 19.2. The summed E-state index contributed by atoms with van der Waals surface area (Å²) in [5.41, 5.74) is 4.94. The molecule has 186 valence electrons. The molecule has 0 saturated carbocycles. The third-order valence-electron chi connectivity index (χ3n) is 4.84. The number of halogens is 3. The number of fused-ring (bicyclic) bond motifs is 1. The first-order valence-electron chi connectivity index (χ1n) is 10.6. The Kier molecular flexibility index (Phi) is 8.15. The van der Waals surface area contributed by atoms with Crippen molar-refractivity contribution in [2.24, 2.45) is 0 Å². The van der Waals surface area contributed by atoms with Crippen molar-refractivity contribution in [3.05, 3.63) is 89.9 Å². The van der Waals surface area contributed by atoms with Gasteiger partial charge in [0.25, 0.3) is 5.91 Å². The van der Waals surface area contributed by atoms with Gasteiger partial charge in [0.1, 0.15) is 5.82 Å². The van der Waals surface area contributed by atoms with Crippen LogP contribution in [0.2, 0.25) is 0 Å². The number of pyridine rings is 1. The molecule has 2 aromatic carbocycles. The van der Waals surface area contributed by atoms with Crippen molar-refractivity contribution < 1.29 is 27.9 Å². The largest absolute Gasteiger partial charge is 0.490 e. The Bertz CT molecular complexity index is 1380. The highest BCUT2D eigenvalue weighted by Crippen LogP contribution is 2.22. The zero-order chi connectivity index (χ0) is 26.3. The maximum atomic E-state index is 12.5. The van der Waals surface area contributed by atoms with Crippen molar-refractivity contribution in [1.29, 1.82) is 0 Å². The van der Waals surface area contributed by atoms with Gasteiger partial charge in [-0.05, 0) is 55.3 Å². The van der Waals surface area contributed by atoms with Crippen LogP contribution >= 0.6 is 0 Å². The van der Waals surface area contributed by atoms with Gasteiger partial charge in [-0.1, -0.05) is 24.3 Å². The first-order valence-corrected chi connectivity index (χ1v) is 10.6. The second-order valence-corrected chi connectivity index (χ2v) is 7.74. The SMILES string of the molecule is Cc1cncc(C(=O)Nc2cccc(C(C)Nc3cnc4ccccc4n3)c2)c1.O=C(O)C(F)(F)F. The van der Waals surface area contributed by atoms with Crippen LogP contribution in [0.15, 0.2) is 73.2 Å². The first-order chi connectivity index (χ1) is 17.0. The van der Waals surface area contributed by atoms with Crippen LogP contribution in [0.3, 0.4) is 0 Å². The number of aromatic nitrogens is 3. The van der Waals surface area contributed by atoms with E-state index in [9.17, 15) is 18.0 Å². The average Bonchev–Trinajstić information content (AvgIpc) is 2.84. The molecule has 8 nitrogen and oxygen atoms in total. The van der Waals surface area contributed by atoms with Gasteiger partial charge in [-0.25, -0.2) is 9.78 Å². The number of anilines is 2. The number of hydrogen-bond donors (Lipinski definition) is 3. The van der Waals surface area contributed by atoms with E-state index in [1.54, 1.807) is 18.6 Å². The zero-order valence-corrected chi connectivity index (χ0v) is 19.2. The van der Waals surface area contributed by atoms with Gasteiger partial charge in [0.05, 0.1) is 28.8 Å². The van der Waals surface area contributed by atoms with E-state index in [0.717, 1.165) is 27.8 Å². The minimum Gasteiger partial charge on any atom is -0.475 e. The summed E-state index contributed by atoms with van der Waals surface area (Å²) in [6.45, 7) is 3.95. The van der Waals surface area contributed by atoms with E-state index in [2.05, 4.69) is 25.6 Å². The number of aliphatic carboxylic acids is 1. The number of nitrogens with one attached hydrogen (secondary N) is 2. The topological polar surface area (TPSA) is 117 Å². The number of hydrogen-bond acceptors (Lipinski definition) is 6. The van der Waals surface area contributed by atoms with Crippen LogP contribution < -0.4 is 10.6 Å². The minimum absolute atomic E-state index is 0.0112. The smallest absolute Gasteiger partial charge is 0.475 e. The van der Waals surface area contributed by atoms with E-state index in [0.29, 0.717) is 11.4 Å². The van der Waals surface area contributed by atoms with Crippen molar-refractivity contribution in [3.8, 4) is 0 Å². The predicted octanol–water partition coefficient (Wildman–Crippen LogP) is 5.39. The maximum absolute atomic E-state index is 12.5. The monoisotopic (exact) mass is 497 g/mol. The highest BCUT2D eigenvalue weighted by molar-refractivity contribution is 6.04. The molecule has 36 heavy (non-hydrogen) atoms. The number of para-hydroxylation sites is 2. The van der Waals surface area contributed by atoms with Crippen molar-refractivity contribution in [3.63, 3.8) is 0 Å². The van der Waals surface area contributed by atoms with Gasteiger partial charge in [0.15, 0.2) is 0 Å². The number of carboxylic acid groups (broad SMARTS) is 1. The average molecular weight is 497 g/mol. The summed E-state index contributed by atoms with van der Waals surface area (Å²) in [7, 11) is 0. The molecular weight excluding hydrogens is 475 g/mol. The lowest BCUT2D eigenvalue weighted by Crippen LogP contribution is -2.21. The highest BCUT2D eigenvalue weighted by atomic mass is 19.4. The van der Waals surface area contributed by atoms with Gasteiger partial charge in [0, 0.05) is 18.1 Å². The summed E-state index contributed by atoms with van der Waals surface area (Å²) < 4.78 is 31.7. The minimum atomic E-state index is -5.08. The molecule has 11 heteroatoms. The van der Waals surface area contributed by atoms with Gasteiger partial charge in [-0.2, -0.15) is 13.2 Å². The predicted molar refractivity (Wildman–Crippen MR) is 129 cm³/mol. The third-order valence-corrected chi connectivity index (χ3v) is 4.84. The summed E-state index contributed by atoms with van der Waals surface area (Å²) in [6, 6.07) is 17.3. The van der Waals surface area contributed by atoms with Gasteiger partial charge in [0.2, 0.25) is 0 Å². The molecule has 0 fully saturated rings. The number of aryl methyl sites for hydroxylation is 1. The second kappa shape index (κ2) is 11.3. The van der Waals surface area contributed by atoms with Gasteiger partial charge in [-0.3, -0.25) is 14.8 Å². The summed E-state index contributed by atoms with van der Waals surface area (Å²) in [5, 5.41) is 13.4. The normalized spacial score (nSPS) is 11.7. The van der Waals surface area contributed by atoms with Crippen LogP contribution in [0.25, 0.3) is 11.0 Å². The molecule has 1 unspecified atom stereocenters. The molecule has 0 bridgehead atoms. The Morgan fingerprint density at radius 3 is 2.33 bits per heavy atom. The first kappa shape index (κ1) is 26.1. The van der Waals surface area contributed by atoms with E-state index < -0.39 is 12.1 Å². The summed E-state index contributed by atoms with van der Waals surface area (Å²) in [5.74, 6) is -2.23. The van der Waals surface area contributed by atoms with Gasteiger partial charge < -0.3 is 15.7 Å². The highest BCUT2D eigenvalue weighted by Gasteiger charge is 2.38. The van der Waals surface area contributed by atoms with E-state index >= 15 is 0 Å². The Morgan fingerprint density at radius 1 is 0.972 bits per heavy atom. The van der Waals surface area contributed by atoms with Crippen molar-refractivity contribution in [2.45, 2.75) is 26.1 Å². The van der Waals surface area contributed by atoms with Crippen LogP contribution in [0, 0.1) is 6.92 Å². The molecule has 2 heterocycles. The maximum Gasteiger partial charge on any atom is 0.490 e. The lowest BCUT2D eigenvalue weighted by Gasteiger charge is -2.16. The summed E-state index contributed by atoms with van der Waals surface area (Å²) >= 11 is 0. The van der Waals surface area contributed by atoms with Crippen molar-refractivity contribution in [2.75, 3.05) is 10.6 Å². The molecule has 2 aromatic heterocycles. The Hall–Kier alpha value is -4.54. The van der Waals surface area contributed by atoms with Crippen molar-refractivity contribution in [1.82, 2.24) is 15.0 Å². The lowest BCUT2D eigenvalue weighted by atomic mass is 10.1. The molecule has 0 saturated heterocycles. The lowest BCUT2D eigenvalue weighted by molar-refractivity contribution is -0.192. The Labute approximate surface area is 204 Å². The fourth-order valence-electron chi connectivity index (χ4n) is 3.10. The van der Waals surface area contributed by atoms with Gasteiger partial charge in [-0.15, -0.1) is 0 Å². The second-order valence-electron chi connectivity index (χ2n) is 7.74. The fourth-order valence-corrected chi connectivity index (χ4v) is 3.10. The van der Waals surface area contributed by atoms with E-state index in [1.165, 1.54) is 0 Å². The number of benzene rings is 2. The van der Waals surface area contributed by atoms with E-state index in [1.807, 2.05) is 68.4 Å². The number of carbonyl (C=O) groups excluding carboxylic acids is 1. The number of nitrogens with zero attached hydrogens (tertiary/aromatic N) is 3. The standard InChI is InChI=1S/C23H21N5O.C2HF3O2/c1-15-10-18(13-24-12-15)23(29)27-19-7-5-6-17(11-19)16(2)26-22-14-25-20-8-3-4-9-21(20)28-22;3-2(4,5)1(6)7/h3-14,16H,1-2H3,(H,26,28)(H,27,29);(H,6,7). The number of carboxylic acids is 1. The summed E-state index contributed by atoms with van der Waals surface area (Å²) in [6.07, 6.45) is -0.0651. The number of rotatable bonds is 5. The van der Waals surface area contributed by atoms with Crippen LogP contribution in [0.5, 0.6) is 0 Å². The van der Waals surface area contributed by atoms with Crippen LogP contribution in [0.4, 0.5) is 24.7 Å². The molecule has 4 aromatic rings. The molecule has 0 radical (unpaired) electrons. The molecule has 1 atom stereocenters. The van der Waals surface area contributed by atoms with Crippen molar-refractivity contribution >= 4 is 34.4 Å². The molecule has 1 amide bonds. The Morgan fingerprint density at radius 2 is 1.67 bits per heavy atom. The molecule has 4 rings (SSSR count). The van der Waals surface area contributed by atoms with Crippen LogP contribution in [-0.2, 0) is 4.79 Å². The summed E-state index contributed by atoms with van der Waals surface area (Å²) in [4.78, 5) is 34.5. The Balaban J connectivity index is 0.000000454. The third kappa shape index (κ3) is 7.23. The van der Waals surface area contributed by atoms with E-state index in [4.69, 9.17) is 9.90 Å². The van der Waals surface area contributed by atoms with Crippen LogP contribution in [-0.4, -0.2) is 38.1 Å². The number of carbonyl (C=O) groups is 2. The van der Waals surface area contributed by atoms with E-state index in [-0.39, 0.29) is 11.9 Å². The molecule has 0 aliphatic rings. The number of amides is 1. The molecule has 0 aliphatic carbocycles. The molecule has 3 N–H and O–H groups in total.